The number of anilines is 1. The maximum absolute atomic E-state index is 12.5. The van der Waals surface area contributed by atoms with E-state index in [1.807, 2.05) is 13.8 Å². The van der Waals surface area contributed by atoms with Gasteiger partial charge in [0.2, 0.25) is 0 Å². The second kappa shape index (κ2) is 7.19. The summed E-state index contributed by atoms with van der Waals surface area (Å²) in [6, 6.07) is 12.8. The number of hydrogen-bond acceptors (Lipinski definition) is 6. The Morgan fingerprint density at radius 3 is 2.79 bits per heavy atom. The van der Waals surface area contributed by atoms with Crippen molar-refractivity contribution in [2.45, 2.75) is 19.8 Å². The SMILES string of the molecule is CC(C)c1nc2cc(NC(=O)c3ccn(-c4cccc([N+](=O)[O-])c4)n3)ccc2o1. The van der Waals surface area contributed by atoms with Crippen LogP contribution >= 0.6 is 0 Å². The monoisotopic (exact) mass is 391 g/mol. The lowest BCUT2D eigenvalue weighted by atomic mass is 10.2. The fourth-order valence-corrected chi connectivity index (χ4v) is 2.80. The minimum atomic E-state index is -0.481. The predicted octanol–water partition coefficient (Wildman–Crippen LogP) is 4.30. The molecule has 9 nitrogen and oxygen atoms in total. The molecule has 0 saturated carbocycles. The van der Waals surface area contributed by atoms with Gasteiger partial charge in [-0.05, 0) is 30.3 Å². The first-order valence-corrected chi connectivity index (χ1v) is 8.93. The molecule has 0 radical (unpaired) electrons. The van der Waals surface area contributed by atoms with E-state index in [0.717, 1.165) is 0 Å². The summed E-state index contributed by atoms with van der Waals surface area (Å²) in [6.45, 7) is 3.98. The van der Waals surface area contributed by atoms with Crippen molar-refractivity contribution in [3.8, 4) is 5.69 Å². The Morgan fingerprint density at radius 1 is 1.21 bits per heavy atom. The summed E-state index contributed by atoms with van der Waals surface area (Å²) in [6.07, 6.45) is 1.57. The highest BCUT2D eigenvalue weighted by Crippen LogP contribution is 2.24. The Kier molecular flexibility index (Phi) is 4.55. The summed E-state index contributed by atoms with van der Waals surface area (Å²) < 4.78 is 7.08. The highest BCUT2D eigenvalue weighted by molar-refractivity contribution is 6.03. The van der Waals surface area contributed by atoms with Crippen molar-refractivity contribution in [3.63, 3.8) is 0 Å². The second-order valence-electron chi connectivity index (χ2n) is 6.77. The van der Waals surface area contributed by atoms with Gasteiger partial charge >= 0.3 is 0 Å². The summed E-state index contributed by atoms with van der Waals surface area (Å²) in [7, 11) is 0. The van der Waals surface area contributed by atoms with Crippen LogP contribution in [0.2, 0.25) is 0 Å². The molecule has 0 aliphatic heterocycles. The van der Waals surface area contributed by atoms with Crippen LogP contribution in [0.4, 0.5) is 11.4 Å². The minimum Gasteiger partial charge on any atom is -0.440 e. The van der Waals surface area contributed by atoms with Crippen LogP contribution < -0.4 is 5.32 Å². The molecule has 0 aliphatic carbocycles. The third kappa shape index (κ3) is 3.70. The van der Waals surface area contributed by atoms with Crippen LogP contribution in [-0.2, 0) is 0 Å². The zero-order valence-electron chi connectivity index (χ0n) is 15.7. The average molecular weight is 391 g/mol. The van der Waals surface area contributed by atoms with E-state index in [4.69, 9.17) is 4.42 Å². The van der Waals surface area contributed by atoms with Gasteiger partial charge in [0.25, 0.3) is 11.6 Å². The number of carbonyl (C=O) groups excluding carboxylic acids is 1. The number of aromatic nitrogens is 3. The number of carbonyl (C=O) groups is 1. The largest absolute Gasteiger partial charge is 0.440 e. The first-order valence-electron chi connectivity index (χ1n) is 8.93. The van der Waals surface area contributed by atoms with E-state index in [0.29, 0.717) is 28.4 Å². The van der Waals surface area contributed by atoms with E-state index in [1.54, 1.807) is 42.6 Å². The number of benzene rings is 2. The van der Waals surface area contributed by atoms with Gasteiger partial charge in [0, 0.05) is 29.9 Å². The van der Waals surface area contributed by atoms with E-state index in [2.05, 4.69) is 15.4 Å². The van der Waals surface area contributed by atoms with Crippen molar-refractivity contribution in [2.24, 2.45) is 0 Å². The predicted molar refractivity (Wildman–Crippen MR) is 106 cm³/mol. The minimum absolute atomic E-state index is 0.0503. The van der Waals surface area contributed by atoms with Gasteiger partial charge in [-0.3, -0.25) is 14.9 Å². The van der Waals surface area contributed by atoms with Gasteiger partial charge in [0.05, 0.1) is 10.6 Å². The van der Waals surface area contributed by atoms with Crippen molar-refractivity contribution in [3.05, 3.63) is 76.4 Å². The second-order valence-corrected chi connectivity index (χ2v) is 6.77. The first kappa shape index (κ1) is 18.4. The van der Waals surface area contributed by atoms with Crippen LogP contribution in [0.15, 0.2) is 59.1 Å². The molecule has 0 fully saturated rings. The number of rotatable bonds is 5. The summed E-state index contributed by atoms with van der Waals surface area (Å²) in [4.78, 5) is 27.4. The van der Waals surface area contributed by atoms with Crippen LogP contribution in [0.3, 0.4) is 0 Å². The summed E-state index contributed by atoms with van der Waals surface area (Å²) >= 11 is 0. The number of non-ortho nitro benzene ring substituents is 1. The molecule has 1 N–H and O–H groups in total. The van der Waals surface area contributed by atoms with Gasteiger partial charge in [0.1, 0.15) is 5.52 Å². The van der Waals surface area contributed by atoms with Crippen LogP contribution in [0, 0.1) is 10.1 Å². The number of amides is 1. The third-order valence-corrected chi connectivity index (χ3v) is 4.28. The lowest BCUT2D eigenvalue weighted by Crippen LogP contribution is -2.13. The van der Waals surface area contributed by atoms with Gasteiger partial charge in [-0.2, -0.15) is 5.10 Å². The first-order chi connectivity index (χ1) is 13.9. The standard InChI is InChI=1S/C20H17N5O4/c1-12(2)20-22-17-10-13(6-7-18(17)29-20)21-19(26)16-8-9-24(23-16)14-4-3-5-15(11-14)25(27)28/h3-12H,1-2H3,(H,21,26). The smallest absolute Gasteiger partial charge is 0.276 e. The van der Waals surface area contributed by atoms with Crippen molar-refractivity contribution in [1.29, 1.82) is 0 Å². The Bertz CT molecular complexity index is 1220. The van der Waals surface area contributed by atoms with Gasteiger partial charge in [-0.15, -0.1) is 0 Å². The molecule has 29 heavy (non-hydrogen) atoms. The molecule has 0 spiro atoms. The molecular weight excluding hydrogens is 374 g/mol. The van der Waals surface area contributed by atoms with E-state index in [9.17, 15) is 14.9 Å². The normalized spacial score (nSPS) is 11.1. The van der Waals surface area contributed by atoms with Crippen LogP contribution in [0.25, 0.3) is 16.8 Å². The molecular formula is C20H17N5O4. The molecule has 1 amide bonds. The quantitative estimate of drug-likeness (QED) is 0.400. The highest BCUT2D eigenvalue weighted by Gasteiger charge is 2.14. The number of nitrogens with one attached hydrogen (secondary N) is 1. The number of fused-ring (bicyclic) bond motifs is 1. The molecule has 146 valence electrons. The van der Waals surface area contributed by atoms with Crippen molar-refractivity contribution in [1.82, 2.24) is 14.8 Å². The topological polar surface area (TPSA) is 116 Å². The molecule has 0 atom stereocenters. The van der Waals surface area contributed by atoms with Crippen molar-refractivity contribution < 1.29 is 14.1 Å². The molecule has 9 heteroatoms. The Balaban J connectivity index is 1.54. The molecule has 0 aliphatic rings. The number of hydrogen-bond donors (Lipinski definition) is 1. The lowest BCUT2D eigenvalue weighted by molar-refractivity contribution is -0.384. The fraction of sp³-hybridized carbons (Fsp3) is 0.150. The van der Waals surface area contributed by atoms with Crippen LogP contribution in [-0.4, -0.2) is 25.6 Å². The lowest BCUT2D eigenvalue weighted by Gasteiger charge is -2.03. The fourth-order valence-electron chi connectivity index (χ4n) is 2.80. The molecule has 0 unspecified atom stereocenters. The molecule has 0 bridgehead atoms. The maximum Gasteiger partial charge on any atom is 0.276 e. The molecule has 0 saturated heterocycles. The number of oxazole rings is 1. The number of nitrogens with zero attached hydrogens (tertiary/aromatic N) is 4. The zero-order valence-corrected chi connectivity index (χ0v) is 15.7. The summed E-state index contributed by atoms with van der Waals surface area (Å²) in [5.74, 6) is 0.401. The average Bonchev–Trinajstić information content (AvgIpc) is 3.35. The van der Waals surface area contributed by atoms with Gasteiger partial charge in [-0.25, -0.2) is 9.67 Å². The Hall–Kier alpha value is -4.01. The van der Waals surface area contributed by atoms with Gasteiger partial charge < -0.3 is 9.73 Å². The molecule has 2 aromatic carbocycles. The van der Waals surface area contributed by atoms with Crippen LogP contribution in [0.5, 0.6) is 0 Å². The van der Waals surface area contributed by atoms with E-state index in [-0.39, 0.29) is 17.3 Å². The Labute approximate surface area is 165 Å². The van der Waals surface area contributed by atoms with Crippen molar-refractivity contribution >= 4 is 28.4 Å². The van der Waals surface area contributed by atoms with Gasteiger partial charge in [0.15, 0.2) is 17.2 Å². The molecule has 2 heterocycles. The van der Waals surface area contributed by atoms with E-state index >= 15 is 0 Å². The van der Waals surface area contributed by atoms with Crippen LogP contribution in [0.1, 0.15) is 36.1 Å². The van der Waals surface area contributed by atoms with Crippen molar-refractivity contribution in [2.75, 3.05) is 5.32 Å². The molecule has 4 rings (SSSR count). The molecule has 4 aromatic rings. The summed E-state index contributed by atoms with van der Waals surface area (Å²) in [5.41, 5.74) is 2.50. The number of nitro groups is 1. The highest BCUT2D eigenvalue weighted by atomic mass is 16.6. The zero-order chi connectivity index (χ0) is 20.5. The summed E-state index contributed by atoms with van der Waals surface area (Å²) in [5, 5.41) is 17.9. The maximum atomic E-state index is 12.5. The van der Waals surface area contributed by atoms with E-state index in [1.165, 1.54) is 16.8 Å². The van der Waals surface area contributed by atoms with Gasteiger partial charge in [-0.1, -0.05) is 19.9 Å². The molecule has 2 aromatic heterocycles. The Morgan fingerprint density at radius 2 is 2.03 bits per heavy atom. The number of nitro benzene ring substituents is 1. The van der Waals surface area contributed by atoms with E-state index < -0.39 is 10.8 Å². The third-order valence-electron chi connectivity index (χ3n) is 4.28.